The summed E-state index contributed by atoms with van der Waals surface area (Å²) >= 11 is 0. The second kappa shape index (κ2) is 7.01. The SMILES string of the molecule is CCc1cccc(N)c1N.c1ccc2c(c1)cnc1ccccc12. The Kier molecular flexibility index (Phi) is 4.62. The Morgan fingerprint density at radius 3 is 2.25 bits per heavy atom. The maximum absolute atomic E-state index is 5.67. The lowest BCUT2D eigenvalue weighted by Crippen LogP contribution is -1.98. The Morgan fingerprint density at radius 2 is 1.50 bits per heavy atom. The highest BCUT2D eigenvalue weighted by molar-refractivity contribution is 6.05. The number of nitrogens with zero attached hydrogens (tertiary/aromatic N) is 1. The molecule has 1 heterocycles. The predicted octanol–water partition coefficient (Wildman–Crippen LogP) is 4.80. The topological polar surface area (TPSA) is 64.9 Å². The van der Waals surface area contributed by atoms with Gasteiger partial charge in [-0.05, 0) is 29.5 Å². The van der Waals surface area contributed by atoms with Gasteiger partial charge in [0, 0.05) is 17.0 Å². The van der Waals surface area contributed by atoms with Crippen LogP contribution in [0.1, 0.15) is 12.5 Å². The van der Waals surface area contributed by atoms with E-state index in [0.29, 0.717) is 5.69 Å². The molecule has 1 aromatic heterocycles. The molecule has 0 aliphatic heterocycles. The summed E-state index contributed by atoms with van der Waals surface area (Å²) in [5.74, 6) is 0. The van der Waals surface area contributed by atoms with Gasteiger partial charge in [0.05, 0.1) is 16.9 Å². The van der Waals surface area contributed by atoms with Crippen LogP contribution in [0.3, 0.4) is 0 Å². The van der Waals surface area contributed by atoms with Gasteiger partial charge in [-0.25, -0.2) is 0 Å². The highest BCUT2D eigenvalue weighted by Crippen LogP contribution is 2.22. The van der Waals surface area contributed by atoms with Crippen LogP contribution in [0.15, 0.2) is 72.9 Å². The van der Waals surface area contributed by atoms with Crippen molar-refractivity contribution in [3.05, 3.63) is 78.5 Å². The summed E-state index contributed by atoms with van der Waals surface area (Å²) < 4.78 is 0. The molecule has 0 saturated heterocycles. The molecule has 4 aromatic rings. The van der Waals surface area contributed by atoms with Crippen molar-refractivity contribution in [2.24, 2.45) is 0 Å². The Labute approximate surface area is 141 Å². The third kappa shape index (κ3) is 3.15. The van der Waals surface area contributed by atoms with E-state index in [4.69, 9.17) is 11.5 Å². The van der Waals surface area contributed by atoms with Gasteiger partial charge < -0.3 is 11.5 Å². The lowest BCUT2D eigenvalue weighted by atomic mass is 10.1. The molecule has 120 valence electrons. The van der Waals surface area contributed by atoms with E-state index in [-0.39, 0.29) is 0 Å². The van der Waals surface area contributed by atoms with Crippen molar-refractivity contribution in [2.75, 3.05) is 11.5 Å². The van der Waals surface area contributed by atoms with Gasteiger partial charge in [-0.1, -0.05) is 61.5 Å². The van der Waals surface area contributed by atoms with Gasteiger partial charge in [0.25, 0.3) is 0 Å². The van der Waals surface area contributed by atoms with Crippen molar-refractivity contribution >= 4 is 33.1 Å². The van der Waals surface area contributed by atoms with Gasteiger partial charge in [0.15, 0.2) is 0 Å². The fourth-order valence-corrected chi connectivity index (χ4v) is 2.75. The van der Waals surface area contributed by atoms with Crippen LogP contribution in [0.4, 0.5) is 11.4 Å². The molecule has 3 aromatic carbocycles. The first kappa shape index (κ1) is 15.8. The van der Waals surface area contributed by atoms with E-state index in [2.05, 4.69) is 42.2 Å². The van der Waals surface area contributed by atoms with E-state index in [9.17, 15) is 0 Å². The number of rotatable bonds is 1. The molecular formula is C21H21N3. The van der Waals surface area contributed by atoms with Gasteiger partial charge in [0.2, 0.25) is 0 Å². The van der Waals surface area contributed by atoms with E-state index < -0.39 is 0 Å². The maximum atomic E-state index is 5.67. The van der Waals surface area contributed by atoms with Crippen LogP contribution < -0.4 is 11.5 Å². The smallest absolute Gasteiger partial charge is 0.0708 e. The third-order valence-corrected chi connectivity index (χ3v) is 4.11. The second-order valence-corrected chi connectivity index (χ2v) is 5.64. The van der Waals surface area contributed by atoms with Gasteiger partial charge in [-0.3, -0.25) is 4.98 Å². The summed E-state index contributed by atoms with van der Waals surface area (Å²) in [5.41, 5.74) is 14.8. The number of benzene rings is 3. The largest absolute Gasteiger partial charge is 0.397 e. The first-order valence-corrected chi connectivity index (χ1v) is 8.06. The average molecular weight is 315 g/mol. The van der Waals surface area contributed by atoms with Crippen LogP contribution in [0.5, 0.6) is 0 Å². The van der Waals surface area contributed by atoms with Crippen molar-refractivity contribution in [1.82, 2.24) is 4.98 Å². The van der Waals surface area contributed by atoms with Crippen LogP contribution >= 0.6 is 0 Å². The van der Waals surface area contributed by atoms with Crippen LogP contribution in [-0.4, -0.2) is 4.98 Å². The van der Waals surface area contributed by atoms with Crippen molar-refractivity contribution in [2.45, 2.75) is 13.3 Å². The first-order chi connectivity index (χ1) is 11.7. The molecule has 0 fully saturated rings. The summed E-state index contributed by atoms with van der Waals surface area (Å²) in [5, 5.41) is 3.70. The zero-order valence-electron chi connectivity index (χ0n) is 13.7. The third-order valence-electron chi connectivity index (χ3n) is 4.11. The number of nitrogen functional groups attached to an aromatic ring is 2. The normalized spacial score (nSPS) is 10.4. The Balaban J connectivity index is 0.000000150. The van der Waals surface area contributed by atoms with E-state index in [1.54, 1.807) is 0 Å². The minimum absolute atomic E-state index is 0.680. The molecule has 0 spiro atoms. The molecule has 0 atom stereocenters. The van der Waals surface area contributed by atoms with E-state index in [0.717, 1.165) is 23.2 Å². The lowest BCUT2D eigenvalue weighted by molar-refractivity contribution is 1.15. The minimum Gasteiger partial charge on any atom is -0.397 e. The second-order valence-electron chi connectivity index (χ2n) is 5.64. The molecule has 4 rings (SSSR count). The Morgan fingerprint density at radius 1 is 0.792 bits per heavy atom. The summed E-state index contributed by atoms with van der Waals surface area (Å²) in [6, 6.07) is 22.3. The van der Waals surface area contributed by atoms with Crippen LogP contribution in [0, 0.1) is 0 Å². The first-order valence-electron chi connectivity index (χ1n) is 8.06. The number of fused-ring (bicyclic) bond motifs is 3. The number of pyridine rings is 1. The van der Waals surface area contributed by atoms with Crippen LogP contribution in [0.2, 0.25) is 0 Å². The average Bonchev–Trinajstić information content (AvgIpc) is 2.64. The molecule has 0 aliphatic carbocycles. The fraction of sp³-hybridized carbons (Fsp3) is 0.0952. The zero-order chi connectivity index (χ0) is 16.9. The molecule has 24 heavy (non-hydrogen) atoms. The molecule has 0 bridgehead atoms. The Bertz CT molecular complexity index is 922. The molecule has 0 unspecified atom stereocenters. The quantitative estimate of drug-likeness (QED) is 0.391. The molecule has 4 N–H and O–H groups in total. The van der Waals surface area contributed by atoms with Crippen molar-refractivity contribution in [3.8, 4) is 0 Å². The fourth-order valence-electron chi connectivity index (χ4n) is 2.75. The summed E-state index contributed by atoms with van der Waals surface area (Å²) in [6.45, 7) is 2.06. The molecule has 3 heteroatoms. The summed E-state index contributed by atoms with van der Waals surface area (Å²) in [6.07, 6.45) is 2.87. The lowest BCUT2D eigenvalue weighted by Gasteiger charge is -2.03. The standard InChI is InChI=1S/C13H9N.C8H12N2/c1-2-6-11-10(5-1)9-14-13-8-4-3-7-12(11)13;1-2-6-4-3-5-7(9)8(6)10/h1-9H;3-5H,2,9-10H2,1H3. The molecule has 0 saturated carbocycles. The number of anilines is 2. The number of hydrogen-bond donors (Lipinski definition) is 2. The number of hydrogen-bond acceptors (Lipinski definition) is 3. The number of nitrogens with two attached hydrogens (primary N) is 2. The predicted molar refractivity (Wildman–Crippen MR) is 104 cm³/mol. The zero-order valence-corrected chi connectivity index (χ0v) is 13.7. The number of para-hydroxylation sites is 2. The van der Waals surface area contributed by atoms with Crippen LogP contribution in [0.25, 0.3) is 21.7 Å². The van der Waals surface area contributed by atoms with Crippen LogP contribution in [-0.2, 0) is 6.42 Å². The highest BCUT2D eigenvalue weighted by atomic mass is 14.7. The minimum atomic E-state index is 0.680. The van der Waals surface area contributed by atoms with Gasteiger partial charge in [0.1, 0.15) is 0 Å². The van der Waals surface area contributed by atoms with Gasteiger partial charge in [-0.15, -0.1) is 0 Å². The molecule has 0 radical (unpaired) electrons. The van der Waals surface area contributed by atoms with E-state index in [1.165, 1.54) is 16.2 Å². The number of aromatic nitrogens is 1. The molecule has 3 nitrogen and oxygen atoms in total. The maximum Gasteiger partial charge on any atom is 0.0708 e. The molecule has 0 amide bonds. The summed E-state index contributed by atoms with van der Waals surface area (Å²) in [4.78, 5) is 4.41. The van der Waals surface area contributed by atoms with E-state index in [1.807, 2.05) is 42.6 Å². The molecular weight excluding hydrogens is 294 g/mol. The van der Waals surface area contributed by atoms with Gasteiger partial charge >= 0.3 is 0 Å². The monoisotopic (exact) mass is 315 g/mol. The van der Waals surface area contributed by atoms with E-state index >= 15 is 0 Å². The van der Waals surface area contributed by atoms with Gasteiger partial charge in [-0.2, -0.15) is 0 Å². The summed E-state index contributed by atoms with van der Waals surface area (Å²) in [7, 11) is 0. The van der Waals surface area contributed by atoms with Crippen molar-refractivity contribution in [3.63, 3.8) is 0 Å². The highest BCUT2D eigenvalue weighted by Gasteiger charge is 1.99. The number of aryl methyl sites for hydroxylation is 1. The Hall–Kier alpha value is -3.07. The molecule has 0 aliphatic rings. The van der Waals surface area contributed by atoms with Crippen molar-refractivity contribution in [1.29, 1.82) is 0 Å². The van der Waals surface area contributed by atoms with Crippen molar-refractivity contribution < 1.29 is 0 Å².